The van der Waals surface area contributed by atoms with Gasteiger partial charge in [0.15, 0.2) is 11.3 Å². The van der Waals surface area contributed by atoms with E-state index < -0.39 is 5.97 Å². The van der Waals surface area contributed by atoms with Crippen molar-refractivity contribution in [3.8, 4) is 0 Å². The first-order valence-corrected chi connectivity index (χ1v) is 3.60. The molecule has 13 heavy (non-hydrogen) atoms. The van der Waals surface area contributed by atoms with E-state index in [9.17, 15) is 4.79 Å². The fourth-order valence-corrected chi connectivity index (χ4v) is 1.08. The standard InChI is InChI=1S/C7H6N4O2/c1-4-9-6-5(7(12)13)8-2-3-11(6)10-4/h2-3H,1H3,(H,12,13). The molecule has 0 aliphatic carbocycles. The molecule has 0 aliphatic heterocycles. The van der Waals surface area contributed by atoms with Crippen LogP contribution in [0.15, 0.2) is 12.4 Å². The van der Waals surface area contributed by atoms with E-state index in [2.05, 4.69) is 15.1 Å². The molecular weight excluding hydrogens is 172 g/mol. The van der Waals surface area contributed by atoms with E-state index >= 15 is 0 Å². The number of hydrogen-bond donors (Lipinski definition) is 1. The Morgan fingerprint density at radius 3 is 3.08 bits per heavy atom. The van der Waals surface area contributed by atoms with Crippen molar-refractivity contribution in [3.05, 3.63) is 23.9 Å². The summed E-state index contributed by atoms with van der Waals surface area (Å²) in [6, 6.07) is 0. The van der Waals surface area contributed by atoms with Crippen LogP contribution >= 0.6 is 0 Å². The van der Waals surface area contributed by atoms with E-state index in [0.29, 0.717) is 5.82 Å². The second-order valence-corrected chi connectivity index (χ2v) is 2.51. The molecule has 0 aromatic carbocycles. The lowest BCUT2D eigenvalue weighted by molar-refractivity contribution is 0.0692. The minimum Gasteiger partial charge on any atom is -0.476 e. The number of rotatable bonds is 1. The van der Waals surface area contributed by atoms with Crippen molar-refractivity contribution in [2.24, 2.45) is 0 Å². The zero-order valence-electron chi connectivity index (χ0n) is 6.80. The van der Waals surface area contributed by atoms with Crippen molar-refractivity contribution in [2.45, 2.75) is 6.92 Å². The highest BCUT2D eigenvalue weighted by Gasteiger charge is 2.12. The molecule has 0 aliphatic rings. The van der Waals surface area contributed by atoms with Crippen molar-refractivity contribution >= 4 is 11.6 Å². The maximum atomic E-state index is 10.7. The largest absolute Gasteiger partial charge is 0.476 e. The van der Waals surface area contributed by atoms with Gasteiger partial charge in [-0.05, 0) is 6.92 Å². The second-order valence-electron chi connectivity index (χ2n) is 2.51. The highest BCUT2D eigenvalue weighted by Crippen LogP contribution is 2.04. The van der Waals surface area contributed by atoms with Gasteiger partial charge in [-0.2, -0.15) is 5.10 Å². The molecule has 6 heteroatoms. The van der Waals surface area contributed by atoms with Gasteiger partial charge in [-0.25, -0.2) is 19.3 Å². The summed E-state index contributed by atoms with van der Waals surface area (Å²) >= 11 is 0. The molecule has 0 saturated carbocycles. The molecule has 0 unspecified atom stereocenters. The molecule has 0 atom stereocenters. The van der Waals surface area contributed by atoms with Crippen molar-refractivity contribution in [1.82, 2.24) is 19.6 Å². The number of carbonyl (C=O) groups is 1. The summed E-state index contributed by atoms with van der Waals surface area (Å²) in [4.78, 5) is 18.3. The fraction of sp³-hybridized carbons (Fsp3) is 0.143. The van der Waals surface area contributed by atoms with Crippen molar-refractivity contribution in [3.63, 3.8) is 0 Å². The topological polar surface area (TPSA) is 80.4 Å². The smallest absolute Gasteiger partial charge is 0.358 e. The molecule has 1 N–H and O–H groups in total. The van der Waals surface area contributed by atoms with Gasteiger partial charge >= 0.3 is 5.97 Å². The molecule has 0 saturated heterocycles. The Hall–Kier alpha value is -1.98. The zero-order valence-corrected chi connectivity index (χ0v) is 6.80. The number of fused-ring (bicyclic) bond motifs is 1. The number of aromatic carboxylic acids is 1. The van der Waals surface area contributed by atoms with E-state index in [4.69, 9.17) is 5.11 Å². The number of hydrogen-bond acceptors (Lipinski definition) is 4. The molecule has 0 amide bonds. The molecule has 0 fully saturated rings. The first kappa shape index (κ1) is 7.66. The van der Waals surface area contributed by atoms with Crippen LogP contribution in [0.4, 0.5) is 0 Å². The minimum absolute atomic E-state index is 0.0805. The molecule has 0 bridgehead atoms. The van der Waals surface area contributed by atoms with E-state index in [1.807, 2.05) is 0 Å². The zero-order chi connectivity index (χ0) is 9.42. The first-order valence-electron chi connectivity index (χ1n) is 3.60. The van der Waals surface area contributed by atoms with Crippen molar-refractivity contribution in [2.75, 3.05) is 0 Å². The summed E-state index contributed by atoms with van der Waals surface area (Å²) in [6.07, 6.45) is 2.94. The molecule has 2 heterocycles. The van der Waals surface area contributed by atoms with Gasteiger partial charge in [0, 0.05) is 12.4 Å². The van der Waals surface area contributed by atoms with Crippen LogP contribution in [0.25, 0.3) is 5.65 Å². The lowest BCUT2D eigenvalue weighted by Gasteiger charge is -1.93. The summed E-state index contributed by atoms with van der Waals surface area (Å²) in [6.45, 7) is 1.69. The quantitative estimate of drug-likeness (QED) is 0.671. The third-order valence-electron chi connectivity index (χ3n) is 1.56. The van der Waals surface area contributed by atoms with Crippen LogP contribution in [0.1, 0.15) is 16.3 Å². The highest BCUT2D eigenvalue weighted by molar-refractivity contribution is 5.91. The number of nitrogens with zero attached hydrogens (tertiary/aromatic N) is 4. The third-order valence-corrected chi connectivity index (χ3v) is 1.56. The van der Waals surface area contributed by atoms with Gasteiger partial charge in [0.05, 0.1) is 0 Å². The monoisotopic (exact) mass is 178 g/mol. The van der Waals surface area contributed by atoms with Gasteiger partial charge < -0.3 is 5.11 Å². The van der Waals surface area contributed by atoms with Gasteiger partial charge in [0.2, 0.25) is 0 Å². The summed E-state index contributed by atoms with van der Waals surface area (Å²) in [5.41, 5.74) is 0.190. The van der Waals surface area contributed by atoms with Crippen molar-refractivity contribution in [1.29, 1.82) is 0 Å². The van der Waals surface area contributed by atoms with Crippen LogP contribution < -0.4 is 0 Å². The maximum Gasteiger partial charge on any atom is 0.358 e. The average molecular weight is 178 g/mol. The normalized spacial score (nSPS) is 10.5. The molecule has 2 rings (SSSR count). The SMILES string of the molecule is Cc1nc2c(C(=O)O)nccn2n1. The van der Waals surface area contributed by atoms with Crippen LogP contribution in [0.2, 0.25) is 0 Å². The number of aromatic nitrogens is 4. The molecule has 2 aromatic heterocycles. The van der Waals surface area contributed by atoms with Gasteiger partial charge in [0.1, 0.15) is 5.82 Å². The van der Waals surface area contributed by atoms with E-state index in [0.717, 1.165) is 0 Å². The summed E-state index contributed by atoms with van der Waals surface area (Å²) in [7, 11) is 0. The lowest BCUT2D eigenvalue weighted by Crippen LogP contribution is -2.04. The van der Waals surface area contributed by atoms with Crippen LogP contribution in [0.3, 0.4) is 0 Å². The van der Waals surface area contributed by atoms with Crippen LogP contribution in [0.5, 0.6) is 0 Å². The Morgan fingerprint density at radius 1 is 1.62 bits per heavy atom. The van der Waals surface area contributed by atoms with E-state index in [1.54, 1.807) is 13.1 Å². The Bertz CT molecular complexity index is 476. The molecule has 0 radical (unpaired) electrons. The number of carboxylic acids is 1. The average Bonchev–Trinajstić information content (AvgIpc) is 2.43. The van der Waals surface area contributed by atoms with Crippen LogP contribution in [0, 0.1) is 6.92 Å². The third kappa shape index (κ3) is 1.12. The first-order chi connectivity index (χ1) is 6.18. The second kappa shape index (κ2) is 2.51. The molecule has 6 nitrogen and oxygen atoms in total. The summed E-state index contributed by atoms with van der Waals surface area (Å²) in [5, 5.41) is 12.7. The Kier molecular flexibility index (Phi) is 1.48. The summed E-state index contributed by atoms with van der Waals surface area (Å²) < 4.78 is 1.39. The maximum absolute atomic E-state index is 10.7. The van der Waals surface area contributed by atoms with Crippen LogP contribution in [-0.2, 0) is 0 Å². The van der Waals surface area contributed by atoms with E-state index in [1.165, 1.54) is 10.7 Å². The molecular formula is C7H6N4O2. The van der Waals surface area contributed by atoms with E-state index in [-0.39, 0.29) is 11.3 Å². The fourth-order valence-electron chi connectivity index (χ4n) is 1.08. The Morgan fingerprint density at radius 2 is 2.38 bits per heavy atom. The number of carboxylic acid groups (broad SMARTS) is 1. The van der Waals surface area contributed by atoms with Gasteiger partial charge in [0.25, 0.3) is 0 Å². The van der Waals surface area contributed by atoms with Gasteiger partial charge in [-0.3, -0.25) is 0 Å². The molecule has 66 valence electrons. The summed E-state index contributed by atoms with van der Waals surface area (Å²) in [5.74, 6) is -0.575. The molecule has 0 spiro atoms. The Balaban J connectivity index is 2.82. The predicted molar refractivity (Wildman–Crippen MR) is 42.5 cm³/mol. The van der Waals surface area contributed by atoms with Crippen LogP contribution in [-0.4, -0.2) is 30.7 Å². The Labute approximate surface area is 72.9 Å². The van der Waals surface area contributed by atoms with Gasteiger partial charge in [-0.15, -0.1) is 0 Å². The lowest BCUT2D eigenvalue weighted by atomic mass is 10.4. The number of aryl methyl sites for hydroxylation is 1. The molecule has 2 aromatic rings. The van der Waals surface area contributed by atoms with Crippen molar-refractivity contribution < 1.29 is 9.90 Å². The minimum atomic E-state index is -1.10. The predicted octanol–water partition coefficient (Wildman–Crippen LogP) is 0.131. The van der Waals surface area contributed by atoms with Gasteiger partial charge in [-0.1, -0.05) is 0 Å². The highest BCUT2D eigenvalue weighted by atomic mass is 16.4.